The topological polar surface area (TPSA) is 93.2 Å². The monoisotopic (exact) mass is 218 g/mol. The van der Waals surface area contributed by atoms with E-state index in [0.717, 1.165) is 0 Å². The summed E-state index contributed by atoms with van der Waals surface area (Å²) in [6.45, 7) is -0.120. The van der Waals surface area contributed by atoms with Crippen molar-refractivity contribution in [1.82, 2.24) is 0 Å². The highest BCUT2D eigenvalue weighted by Gasteiger charge is 2.05. The maximum absolute atomic E-state index is 10.4. The molecule has 0 atom stereocenters. The van der Waals surface area contributed by atoms with Crippen LogP contribution in [0.2, 0.25) is 0 Å². The van der Waals surface area contributed by atoms with Crippen LogP contribution < -0.4 is 5.14 Å². The van der Waals surface area contributed by atoms with Crippen LogP contribution in [-0.4, -0.2) is 8.42 Å². The number of nitrogens with zero attached hydrogens (tertiary/aromatic N) is 1. The van der Waals surface area contributed by atoms with Gasteiger partial charge in [0.25, 0.3) is 0 Å². The Morgan fingerprint density at radius 1 is 1.62 bits per heavy atom. The van der Waals surface area contributed by atoms with Crippen molar-refractivity contribution in [2.75, 3.05) is 0 Å². The average molecular weight is 218 g/mol. The zero-order valence-corrected chi connectivity index (χ0v) is 8.06. The van der Waals surface area contributed by atoms with E-state index < -0.39 is 10.3 Å². The number of nitriles is 1. The number of nitrogens with two attached hydrogens (primary N) is 1. The zero-order valence-electron chi connectivity index (χ0n) is 6.43. The minimum absolute atomic E-state index is 0.120. The number of hydrogen-bond acceptors (Lipinski definition) is 5. The number of hydrogen-bond donors (Lipinski definition) is 1. The Morgan fingerprint density at radius 3 is 2.77 bits per heavy atom. The third-order valence-corrected chi connectivity index (χ3v) is 2.55. The van der Waals surface area contributed by atoms with E-state index >= 15 is 0 Å². The molecule has 0 saturated heterocycles. The van der Waals surface area contributed by atoms with Crippen LogP contribution in [0, 0.1) is 11.3 Å². The highest BCUT2D eigenvalue weighted by Crippen LogP contribution is 2.16. The second-order valence-electron chi connectivity index (χ2n) is 2.13. The Hall–Kier alpha value is -0.940. The number of thiophene rings is 1. The molecule has 13 heavy (non-hydrogen) atoms. The van der Waals surface area contributed by atoms with Crippen LogP contribution in [0.5, 0.6) is 0 Å². The Bertz CT molecular complexity index is 429. The van der Waals surface area contributed by atoms with Crippen molar-refractivity contribution in [3.05, 3.63) is 21.9 Å². The van der Waals surface area contributed by atoms with Gasteiger partial charge in [0.15, 0.2) is 0 Å². The van der Waals surface area contributed by atoms with Gasteiger partial charge < -0.3 is 0 Å². The molecule has 0 radical (unpaired) electrons. The molecule has 0 unspecified atom stereocenters. The predicted octanol–water partition coefficient (Wildman–Crippen LogP) is 0.340. The quantitative estimate of drug-likeness (QED) is 0.791. The molecule has 0 aliphatic heterocycles. The molecule has 2 N–H and O–H groups in total. The maximum atomic E-state index is 10.4. The van der Waals surface area contributed by atoms with Crippen molar-refractivity contribution >= 4 is 21.6 Å². The molecule has 1 heterocycles. The largest absolute Gasteiger partial charge is 0.333 e. The fraction of sp³-hybridized carbons (Fsp3) is 0.167. The van der Waals surface area contributed by atoms with E-state index in [1.807, 2.05) is 6.07 Å². The van der Waals surface area contributed by atoms with Gasteiger partial charge >= 0.3 is 10.3 Å². The molecular formula is C6H6N2O3S2. The summed E-state index contributed by atoms with van der Waals surface area (Å²) in [5.74, 6) is 0. The molecule has 0 aliphatic carbocycles. The first-order valence-electron chi connectivity index (χ1n) is 3.17. The standard InChI is InChI=1S/C6H6N2O3S2/c7-3-5-1-2-6(12-5)4-11-13(8,9)10/h1-2H,4H2,(H2,8,9,10). The van der Waals surface area contributed by atoms with Crippen LogP contribution in [0.15, 0.2) is 12.1 Å². The van der Waals surface area contributed by atoms with Crippen LogP contribution in [0.4, 0.5) is 0 Å². The fourth-order valence-corrected chi connectivity index (χ4v) is 1.74. The van der Waals surface area contributed by atoms with Crippen molar-refractivity contribution in [2.45, 2.75) is 6.61 Å². The van der Waals surface area contributed by atoms with Crippen molar-refractivity contribution in [3.63, 3.8) is 0 Å². The molecule has 0 aromatic carbocycles. The van der Waals surface area contributed by atoms with Gasteiger partial charge in [0.05, 0.1) is 0 Å². The molecule has 70 valence electrons. The van der Waals surface area contributed by atoms with Gasteiger partial charge in [-0.3, -0.25) is 4.18 Å². The van der Waals surface area contributed by atoms with Crippen LogP contribution in [0.1, 0.15) is 9.75 Å². The normalized spacial score (nSPS) is 11.1. The third kappa shape index (κ3) is 3.52. The molecule has 0 spiro atoms. The lowest BCUT2D eigenvalue weighted by Crippen LogP contribution is -2.15. The molecule has 0 aliphatic rings. The van der Waals surface area contributed by atoms with E-state index in [2.05, 4.69) is 9.32 Å². The van der Waals surface area contributed by atoms with Gasteiger partial charge in [-0.25, -0.2) is 5.14 Å². The molecular weight excluding hydrogens is 212 g/mol. The summed E-state index contributed by atoms with van der Waals surface area (Å²) in [7, 11) is -3.90. The summed E-state index contributed by atoms with van der Waals surface area (Å²) in [6, 6.07) is 5.14. The van der Waals surface area contributed by atoms with E-state index in [9.17, 15) is 8.42 Å². The smallest absolute Gasteiger partial charge is 0.253 e. The van der Waals surface area contributed by atoms with Crippen LogP contribution in [0.3, 0.4) is 0 Å². The third-order valence-electron chi connectivity index (χ3n) is 1.14. The minimum Gasteiger partial charge on any atom is -0.253 e. The van der Waals surface area contributed by atoms with Crippen LogP contribution >= 0.6 is 11.3 Å². The fourth-order valence-electron chi connectivity index (χ4n) is 0.656. The first-order chi connectivity index (χ1) is 6.01. The van der Waals surface area contributed by atoms with Crippen LogP contribution in [0.25, 0.3) is 0 Å². The SMILES string of the molecule is N#Cc1ccc(COS(N)(=O)=O)s1. The van der Waals surface area contributed by atoms with E-state index in [4.69, 9.17) is 5.26 Å². The Balaban J connectivity index is 2.62. The zero-order chi connectivity index (χ0) is 9.90. The summed E-state index contributed by atoms with van der Waals surface area (Å²) in [4.78, 5) is 1.15. The second kappa shape index (κ2) is 3.85. The van der Waals surface area contributed by atoms with Gasteiger partial charge in [-0.15, -0.1) is 11.3 Å². The lowest BCUT2D eigenvalue weighted by Gasteiger charge is -1.96. The first kappa shape index (κ1) is 10.1. The van der Waals surface area contributed by atoms with Gasteiger partial charge in [0.1, 0.15) is 17.6 Å². The number of rotatable bonds is 3. The van der Waals surface area contributed by atoms with Crippen LogP contribution in [-0.2, 0) is 21.1 Å². The highest BCUT2D eigenvalue weighted by atomic mass is 32.2. The molecule has 7 heteroatoms. The lowest BCUT2D eigenvalue weighted by atomic mass is 10.4. The van der Waals surface area contributed by atoms with E-state index in [-0.39, 0.29) is 6.61 Å². The maximum Gasteiger partial charge on any atom is 0.333 e. The summed E-state index contributed by atoms with van der Waals surface area (Å²) in [6.07, 6.45) is 0. The van der Waals surface area contributed by atoms with Crippen molar-refractivity contribution in [2.24, 2.45) is 5.14 Å². The Kier molecular flexibility index (Phi) is 3.00. The second-order valence-corrected chi connectivity index (χ2v) is 4.52. The van der Waals surface area contributed by atoms with Gasteiger partial charge in [0.2, 0.25) is 0 Å². The molecule has 5 nitrogen and oxygen atoms in total. The summed E-state index contributed by atoms with van der Waals surface area (Å²) in [5.41, 5.74) is 0. The van der Waals surface area contributed by atoms with Gasteiger partial charge in [-0.2, -0.15) is 13.7 Å². The van der Waals surface area contributed by atoms with Crippen molar-refractivity contribution in [1.29, 1.82) is 5.26 Å². The molecule has 0 amide bonds. The lowest BCUT2D eigenvalue weighted by molar-refractivity contribution is 0.312. The predicted molar refractivity (Wildman–Crippen MR) is 46.9 cm³/mol. The van der Waals surface area contributed by atoms with E-state index in [0.29, 0.717) is 9.75 Å². The summed E-state index contributed by atoms with van der Waals surface area (Å²) >= 11 is 1.17. The van der Waals surface area contributed by atoms with E-state index in [1.54, 1.807) is 12.1 Å². The molecule has 1 rings (SSSR count). The molecule has 1 aromatic rings. The van der Waals surface area contributed by atoms with Crippen molar-refractivity contribution < 1.29 is 12.6 Å². The van der Waals surface area contributed by atoms with Gasteiger partial charge in [-0.1, -0.05) is 0 Å². The van der Waals surface area contributed by atoms with Gasteiger partial charge in [0, 0.05) is 4.88 Å². The van der Waals surface area contributed by atoms with Crippen molar-refractivity contribution in [3.8, 4) is 6.07 Å². The molecule has 1 aromatic heterocycles. The van der Waals surface area contributed by atoms with E-state index in [1.165, 1.54) is 11.3 Å². The average Bonchev–Trinajstić information content (AvgIpc) is 2.47. The van der Waals surface area contributed by atoms with Gasteiger partial charge in [-0.05, 0) is 12.1 Å². The first-order valence-corrected chi connectivity index (χ1v) is 5.46. The molecule has 0 bridgehead atoms. The minimum atomic E-state index is -3.90. The summed E-state index contributed by atoms with van der Waals surface area (Å²) in [5, 5.41) is 13.1. The highest BCUT2D eigenvalue weighted by molar-refractivity contribution is 7.84. The summed E-state index contributed by atoms with van der Waals surface area (Å²) < 4.78 is 25.1. The Morgan fingerprint density at radius 2 is 2.31 bits per heavy atom. The molecule has 0 saturated carbocycles. The Labute approximate surface area is 79.6 Å². The molecule has 0 fully saturated rings.